The van der Waals surface area contributed by atoms with Crippen LogP contribution < -0.4 is 5.32 Å². The van der Waals surface area contributed by atoms with Gasteiger partial charge in [-0.15, -0.1) is 0 Å². The van der Waals surface area contributed by atoms with Crippen LogP contribution in [-0.2, 0) is 0 Å². The molecule has 2 rings (SSSR count). The summed E-state index contributed by atoms with van der Waals surface area (Å²) in [5.41, 5.74) is 0. The SMILES string of the molecule is [CH2]CC(CCN1CCCCC1)NCCN1CCCCC1. The van der Waals surface area contributed by atoms with Crippen molar-refractivity contribution < 1.29 is 0 Å². The first kappa shape index (κ1) is 16.3. The fraction of sp³-hybridized carbons (Fsp3) is 0.941. The van der Waals surface area contributed by atoms with E-state index in [1.807, 2.05) is 0 Å². The van der Waals surface area contributed by atoms with Gasteiger partial charge in [0.05, 0.1) is 0 Å². The molecular formula is C17H34N3. The lowest BCUT2D eigenvalue weighted by molar-refractivity contribution is 0.208. The van der Waals surface area contributed by atoms with Gasteiger partial charge in [0.2, 0.25) is 0 Å². The Morgan fingerprint density at radius 2 is 1.35 bits per heavy atom. The standard InChI is InChI=1S/C17H34N3/c1-2-17(9-15-19-11-5-3-6-12-19)18-10-16-20-13-7-4-8-14-20/h17-18H,1-16H2. The van der Waals surface area contributed by atoms with Gasteiger partial charge in [0, 0.05) is 19.1 Å². The lowest BCUT2D eigenvalue weighted by atomic mass is 10.1. The molecule has 117 valence electrons. The van der Waals surface area contributed by atoms with Gasteiger partial charge in [-0.2, -0.15) is 0 Å². The van der Waals surface area contributed by atoms with Crippen molar-refractivity contribution in [2.45, 2.75) is 57.4 Å². The quantitative estimate of drug-likeness (QED) is 0.737. The number of hydrogen-bond donors (Lipinski definition) is 1. The van der Waals surface area contributed by atoms with Crippen LogP contribution in [0.15, 0.2) is 0 Å². The fourth-order valence-electron chi connectivity index (χ4n) is 3.48. The van der Waals surface area contributed by atoms with E-state index in [0.717, 1.165) is 13.0 Å². The molecule has 2 fully saturated rings. The van der Waals surface area contributed by atoms with Gasteiger partial charge in [0.1, 0.15) is 0 Å². The Bertz CT molecular complexity index is 232. The van der Waals surface area contributed by atoms with E-state index in [9.17, 15) is 0 Å². The molecule has 0 aromatic heterocycles. The highest BCUT2D eigenvalue weighted by Crippen LogP contribution is 2.10. The minimum atomic E-state index is 0.613. The number of nitrogens with zero attached hydrogens (tertiary/aromatic N) is 2. The summed E-state index contributed by atoms with van der Waals surface area (Å²) in [6.45, 7) is 13.0. The van der Waals surface area contributed by atoms with Crippen LogP contribution in [0.4, 0.5) is 0 Å². The first-order chi connectivity index (χ1) is 9.88. The summed E-state index contributed by atoms with van der Waals surface area (Å²) in [5, 5.41) is 3.73. The van der Waals surface area contributed by atoms with Crippen molar-refractivity contribution in [2.24, 2.45) is 0 Å². The highest BCUT2D eigenvalue weighted by molar-refractivity contribution is 4.74. The van der Waals surface area contributed by atoms with Gasteiger partial charge in [-0.05, 0) is 71.2 Å². The van der Waals surface area contributed by atoms with Crippen LogP contribution in [-0.4, -0.2) is 61.7 Å². The summed E-state index contributed by atoms with van der Waals surface area (Å²) in [7, 11) is 0. The van der Waals surface area contributed by atoms with Crippen molar-refractivity contribution in [1.82, 2.24) is 15.1 Å². The molecule has 2 aliphatic heterocycles. The molecule has 0 aromatic carbocycles. The van der Waals surface area contributed by atoms with Crippen LogP contribution in [0.25, 0.3) is 0 Å². The van der Waals surface area contributed by atoms with E-state index in [2.05, 4.69) is 22.0 Å². The zero-order valence-electron chi connectivity index (χ0n) is 13.3. The predicted octanol–water partition coefficient (Wildman–Crippen LogP) is 2.53. The maximum atomic E-state index is 4.12. The highest BCUT2D eigenvalue weighted by atomic mass is 15.1. The van der Waals surface area contributed by atoms with Crippen molar-refractivity contribution in [3.8, 4) is 0 Å². The molecule has 1 N–H and O–H groups in total. The number of rotatable bonds is 8. The third-order valence-electron chi connectivity index (χ3n) is 4.90. The molecule has 2 saturated heterocycles. The molecule has 1 unspecified atom stereocenters. The normalized spacial score (nSPS) is 23.9. The van der Waals surface area contributed by atoms with Gasteiger partial charge in [-0.1, -0.05) is 19.8 Å². The summed E-state index contributed by atoms with van der Waals surface area (Å²) in [5.74, 6) is 0. The van der Waals surface area contributed by atoms with Gasteiger partial charge < -0.3 is 15.1 Å². The van der Waals surface area contributed by atoms with Crippen molar-refractivity contribution in [1.29, 1.82) is 0 Å². The predicted molar refractivity (Wildman–Crippen MR) is 87.0 cm³/mol. The molecule has 0 saturated carbocycles. The van der Waals surface area contributed by atoms with E-state index < -0.39 is 0 Å². The van der Waals surface area contributed by atoms with Crippen LogP contribution in [0.5, 0.6) is 0 Å². The highest BCUT2D eigenvalue weighted by Gasteiger charge is 2.13. The number of likely N-dealkylation sites (tertiary alicyclic amines) is 2. The third-order valence-corrected chi connectivity index (χ3v) is 4.90. The lowest BCUT2D eigenvalue weighted by Crippen LogP contribution is -2.41. The summed E-state index contributed by atoms with van der Waals surface area (Å²) in [6, 6.07) is 0.613. The summed E-state index contributed by atoms with van der Waals surface area (Å²) >= 11 is 0. The van der Waals surface area contributed by atoms with Crippen LogP contribution in [0, 0.1) is 6.92 Å². The second-order valence-corrected chi connectivity index (χ2v) is 6.53. The van der Waals surface area contributed by atoms with E-state index in [1.54, 1.807) is 0 Å². The van der Waals surface area contributed by atoms with Crippen LogP contribution in [0.2, 0.25) is 0 Å². The van der Waals surface area contributed by atoms with E-state index in [0.29, 0.717) is 6.04 Å². The summed E-state index contributed by atoms with van der Waals surface area (Å²) in [4.78, 5) is 5.25. The Morgan fingerprint density at radius 3 is 1.90 bits per heavy atom. The van der Waals surface area contributed by atoms with Gasteiger partial charge in [0.25, 0.3) is 0 Å². The Hall–Kier alpha value is -0.120. The largest absolute Gasteiger partial charge is 0.313 e. The second-order valence-electron chi connectivity index (χ2n) is 6.53. The summed E-state index contributed by atoms with van der Waals surface area (Å²) < 4.78 is 0. The molecule has 2 aliphatic rings. The molecule has 1 radical (unpaired) electrons. The van der Waals surface area contributed by atoms with Crippen LogP contribution >= 0.6 is 0 Å². The first-order valence-electron chi connectivity index (χ1n) is 8.86. The van der Waals surface area contributed by atoms with Gasteiger partial charge in [-0.25, -0.2) is 0 Å². The second kappa shape index (κ2) is 9.75. The molecule has 0 bridgehead atoms. The smallest absolute Gasteiger partial charge is 0.0107 e. The van der Waals surface area contributed by atoms with E-state index >= 15 is 0 Å². The third kappa shape index (κ3) is 6.11. The maximum Gasteiger partial charge on any atom is 0.0107 e. The molecule has 3 nitrogen and oxygen atoms in total. The molecule has 3 heteroatoms. The first-order valence-corrected chi connectivity index (χ1v) is 8.86. The molecule has 20 heavy (non-hydrogen) atoms. The monoisotopic (exact) mass is 280 g/mol. The molecule has 0 aliphatic carbocycles. The molecule has 1 atom stereocenters. The molecule has 0 aromatic rings. The molecule has 0 spiro atoms. The zero-order chi connectivity index (χ0) is 14.0. The van der Waals surface area contributed by atoms with E-state index in [-0.39, 0.29) is 0 Å². The van der Waals surface area contributed by atoms with E-state index in [1.165, 1.54) is 84.2 Å². The van der Waals surface area contributed by atoms with Gasteiger partial charge >= 0.3 is 0 Å². The molecule has 2 heterocycles. The Balaban J connectivity index is 1.54. The molecule has 0 amide bonds. The van der Waals surface area contributed by atoms with Crippen LogP contribution in [0.1, 0.15) is 51.4 Å². The van der Waals surface area contributed by atoms with E-state index in [4.69, 9.17) is 0 Å². The minimum absolute atomic E-state index is 0.613. The zero-order valence-corrected chi connectivity index (χ0v) is 13.3. The van der Waals surface area contributed by atoms with Crippen LogP contribution in [0.3, 0.4) is 0 Å². The number of piperidine rings is 2. The number of nitrogens with one attached hydrogen (secondary N) is 1. The van der Waals surface area contributed by atoms with Crippen molar-refractivity contribution >= 4 is 0 Å². The average molecular weight is 280 g/mol. The Kier molecular flexibility index (Phi) is 7.92. The lowest BCUT2D eigenvalue weighted by Gasteiger charge is -2.29. The Labute approximate surface area is 126 Å². The average Bonchev–Trinajstić information content (AvgIpc) is 2.52. The van der Waals surface area contributed by atoms with Crippen molar-refractivity contribution in [3.05, 3.63) is 6.92 Å². The summed E-state index contributed by atoms with van der Waals surface area (Å²) in [6.07, 6.45) is 10.7. The Morgan fingerprint density at radius 1 is 0.800 bits per heavy atom. The van der Waals surface area contributed by atoms with Crippen molar-refractivity contribution in [3.63, 3.8) is 0 Å². The fourth-order valence-corrected chi connectivity index (χ4v) is 3.48. The molecular weight excluding hydrogens is 246 g/mol. The number of hydrogen-bond acceptors (Lipinski definition) is 3. The van der Waals surface area contributed by atoms with Gasteiger partial charge in [0.15, 0.2) is 0 Å². The maximum absolute atomic E-state index is 4.12. The van der Waals surface area contributed by atoms with Crippen molar-refractivity contribution in [2.75, 3.05) is 45.8 Å². The minimum Gasteiger partial charge on any atom is -0.313 e. The topological polar surface area (TPSA) is 18.5 Å². The van der Waals surface area contributed by atoms with Gasteiger partial charge in [-0.3, -0.25) is 0 Å².